The summed E-state index contributed by atoms with van der Waals surface area (Å²) in [5, 5.41) is 0. The van der Waals surface area contributed by atoms with Crippen molar-refractivity contribution >= 4 is 15.9 Å². The van der Waals surface area contributed by atoms with E-state index in [2.05, 4.69) is 0 Å². The van der Waals surface area contributed by atoms with Crippen LogP contribution in [0.4, 0.5) is 4.39 Å². The van der Waals surface area contributed by atoms with Crippen molar-refractivity contribution in [2.75, 3.05) is 20.1 Å². The molecule has 1 saturated heterocycles. The average Bonchev–Trinajstić information content (AvgIpc) is 3.17. The van der Waals surface area contributed by atoms with Crippen LogP contribution < -0.4 is 0 Å². The molecule has 0 saturated carbocycles. The Morgan fingerprint density at radius 1 is 1.15 bits per heavy atom. The quantitative estimate of drug-likeness (QED) is 0.788. The highest BCUT2D eigenvalue weighted by molar-refractivity contribution is 7.89. The van der Waals surface area contributed by atoms with E-state index >= 15 is 0 Å². The van der Waals surface area contributed by atoms with Crippen molar-refractivity contribution in [1.29, 1.82) is 0 Å². The maximum absolute atomic E-state index is 13.4. The number of rotatable bonds is 5. The lowest BCUT2D eigenvalue weighted by Crippen LogP contribution is -2.29. The van der Waals surface area contributed by atoms with Crippen LogP contribution in [0.2, 0.25) is 0 Å². The summed E-state index contributed by atoms with van der Waals surface area (Å²) in [6.45, 7) is 3.03. The molecule has 2 aromatic carbocycles. The standard InChI is InChI=1S/C20H23FN2O3S/c1-15-8-9-18(27(25,26)23-10-3-4-11-23)13-19(15)20(24)22(2)14-16-6-5-7-17(21)12-16/h5-9,12-13H,3-4,10-11,14H2,1-2H3. The third-order valence-corrected chi connectivity index (χ3v) is 6.69. The lowest BCUT2D eigenvalue weighted by molar-refractivity contribution is 0.0784. The third kappa shape index (κ3) is 4.20. The van der Waals surface area contributed by atoms with Gasteiger partial charge in [0, 0.05) is 32.2 Å². The van der Waals surface area contributed by atoms with Crippen molar-refractivity contribution in [3.63, 3.8) is 0 Å². The minimum absolute atomic E-state index is 0.137. The van der Waals surface area contributed by atoms with Gasteiger partial charge in [-0.3, -0.25) is 4.79 Å². The number of amides is 1. The van der Waals surface area contributed by atoms with Crippen molar-refractivity contribution in [3.8, 4) is 0 Å². The van der Waals surface area contributed by atoms with Crippen LogP contribution >= 0.6 is 0 Å². The SMILES string of the molecule is Cc1ccc(S(=O)(=O)N2CCCC2)cc1C(=O)N(C)Cc1cccc(F)c1. The van der Waals surface area contributed by atoms with Gasteiger partial charge < -0.3 is 4.90 Å². The Kier molecular flexibility index (Phi) is 5.62. The molecule has 7 heteroatoms. The summed E-state index contributed by atoms with van der Waals surface area (Å²) in [6.07, 6.45) is 1.71. The van der Waals surface area contributed by atoms with E-state index in [1.165, 1.54) is 27.4 Å². The van der Waals surface area contributed by atoms with Gasteiger partial charge in [0.2, 0.25) is 10.0 Å². The smallest absolute Gasteiger partial charge is 0.254 e. The normalized spacial score (nSPS) is 15.1. The molecular weight excluding hydrogens is 367 g/mol. The molecule has 5 nitrogen and oxygen atoms in total. The van der Waals surface area contributed by atoms with Crippen molar-refractivity contribution in [2.45, 2.75) is 31.2 Å². The highest BCUT2D eigenvalue weighted by Crippen LogP contribution is 2.24. The molecule has 1 aliphatic heterocycles. The van der Waals surface area contributed by atoms with Crippen LogP contribution in [-0.4, -0.2) is 43.7 Å². The lowest BCUT2D eigenvalue weighted by atomic mass is 10.1. The second-order valence-electron chi connectivity index (χ2n) is 6.88. The van der Waals surface area contributed by atoms with Crippen LogP contribution in [-0.2, 0) is 16.6 Å². The van der Waals surface area contributed by atoms with Gasteiger partial charge in [0.25, 0.3) is 5.91 Å². The van der Waals surface area contributed by atoms with E-state index in [4.69, 9.17) is 0 Å². The number of sulfonamides is 1. The molecule has 144 valence electrons. The molecule has 0 unspecified atom stereocenters. The Morgan fingerprint density at radius 2 is 1.85 bits per heavy atom. The van der Waals surface area contributed by atoms with E-state index in [0.29, 0.717) is 29.8 Å². The monoisotopic (exact) mass is 390 g/mol. The fourth-order valence-electron chi connectivity index (χ4n) is 3.26. The first kappa shape index (κ1) is 19.5. The molecule has 27 heavy (non-hydrogen) atoms. The first-order valence-corrected chi connectivity index (χ1v) is 10.3. The van der Waals surface area contributed by atoms with E-state index in [1.807, 2.05) is 0 Å². The van der Waals surface area contributed by atoms with Crippen LogP contribution in [0.1, 0.15) is 34.3 Å². The van der Waals surface area contributed by atoms with E-state index in [0.717, 1.165) is 12.8 Å². The minimum atomic E-state index is -3.59. The molecule has 1 amide bonds. The molecule has 0 radical (unpaired) electrons. The van der Waals surface area contributed by atoms with Crippen LogP contribution in [0.5, 0.6) is 0 Å². The van der Waals surface area contributed by atoms with Crippen LogP contribution in [0, 0.1) is 12.7 Å². The lowest BCUT2D eigenvalue weighted by Gasteiger charge is -2.20. The van der Waals surface area contributed by atoms with Gasteiger partial charge in [-0.1, -0.05) is 18.2 Å². The predicted octanol–water partition coefficient (Wildman–Crippen LogP) is 3.19. The minimum Gasteiger partial charge on any atom is -0.337 e. The number of aryl methyl sites for hydroxylation is 1. The molecule has 0 aromatic heterocycles. The van der Waals surface area contributed by atoms with Crippen LogP contribution in [0.3, 0.4) is 0 Å². The van der Waals surface area contributed by atoms with Gasteiger partial charge in [-0.05, 0) is 55.2 Å². The molecule has 0 aliphatic carbocycles. The molecule has 0 N–H and O–H groups in total. The number of hydrogen-bond acceptors (Lipinski definition) is 3. The molecule has 1 heterocycles. The van der Waals surface area contributed by atoms with E-state index < -0.39 is 10.0 Å². The summed E-state index contributed by atoms with van der Waals surface area (Å²) in [5.41, 5.74) is 1.71. The molecule has 1 fully saturated rings. The van der Waals surface area contributed by atoms with Crippen molar-refractivity contribution in [2.24, 2.45) is 0 Å². The van der Waals surface area contributed by atoms with Crippen LogP contribution in [0.25, 0.3) is 0 Å². The molecular formula is C20H23FN2O3S. The molecule has 0 bridgehead atoms. The maximum atomic E-state index is 13.4. The van der Waals surface area contributed by atoms with Gasteiger partial charge in [0.1, 0.15) is 5.82 Å². The number of nitrogens with zero attached hydrogens (tertiary/aromatic N) is 2. The molecule has 3 rings (SSSR count). The summed E-state index contributed by atoms with van der Waals surface area (Å²) < 4.78 is 40.4. The summed E-state index contributed by atoms with van der Waals surface area (Å²) >= 11 is 0. The average molecular weight is 390 g/mol. The second kappa shape index (κ2) is 7.78. The number of carbonyl (C=O) groups excluding carboxylic acids is 1. The summed E-state index contributed by atoms with van der Waals surface area (Å²) in [5.74, 6) is -0.654. The second-order valence-corrected chi connectivity index (χ2v) is 8.82. The fraction of sp³-hybridized carbons (Fsp3) is 0.350. The van der Waals surface area contributed by atoms with E-state index in [1.54, 1.807) is 38.2 Å². The first-order valence-electron chi connectivity index (χ1n) is 8.90. The Morgan fingerprint density at radius 3 is 2.52 bits per heavy atom. The van der Waals surface area contributed by atoms with Gasteiger partial charge >= 0.3 is 0 Å². The number of benzene rings is 2. The summed E-state index contributed by atoms with van der Waals surface area (Å²) in [7, 11) is -1.97. The van der Waals surface area contributed by atoms with E-state index in [-0.39, 0.29) is 23.2 Å². The first-order chi connectivity index (χ1) is 12.8. The number of carbonyl (C=O) groups is 1. The highest BCUT2D eigenvalue weighted by Gasteiger charge is 2.28. The predicted molar refractivity (Wildman–Crippen MR) is 101 cm³/mol. The van der Waals surface area contributed by atoms with Crippen molar-refractivity contribution in [1.82, 2.24) is 9.21 Å². The molecule has 1 aliphatic rings. The Bertz CT molecular complexity index is 953. The zero-order valence-corrected chi connectivity index (χ0v) is 16.3. The molecule has 2 aromatic rings. The zero-order valence-electron chi connectivity index (χ0n) is 15.5. The Balaban J connectivity index is 1.86. The van der Waals surface area contributed by atoms with Crippen molar-refractivity contribution < 1.29 is 17.6 Å². The van der Waals surface area contributed by atoms with E-state index in [9.17, 15) is 17.6 Å². The van der Waals surface area contributed by atoms with Gasteiger partial charge in [-0.15, -0.1) is 0 Å². The van der Waals surface area contributed by atoms with Gasteiger partial charge in [-0.2, -0.15) is 4.31 Å². The summed E-state index contributed by atoms with van der Waals surface area (Å²) in [4.78, 5) is 14.5. The fourth-order valence-corrected chi connectivity index (χ4v) is 4.80. The Labute approximate surface area is 159 Å². The Hall–Kier alpha value is -2.25. The van der Waals surface area contributed by atoms with Gasteiger partial charge in [0.15, 0.2) is 0 Å². The zero-order chi connectivity index (χ0) is 19.6. The number of hydrogen-bond donors (Lipinski definition) is 0. The van der Waals surface area contributed by atoms with Gasteiger partial charge in [0.05, 0.1) is 4.90 Å². The topological polar surface area (TPSA) is 57.7 Å². The molecule has 0 spiro atoms. The summed E-state index contributed by atoms with van der Waals surface area (Å²) in [6, 6.07) is 10.7. The van der Waals surface area contributed by atoms with Crippen molar-refractivity contribution in [3.05, 3.63) is 65.0 Å². The highest BCUT2D eigenvalue weighted by atomic mass is 32.2. The van der Waals surface area contributed by atoms with Gasteiger partial charge in [-0.25, -0.2) is 12.8 Å². The maximum Gasteiger partial charge on any atom is 0.254 e. The van der Waals surface area contributed by atoms with Crippen LogP contribution in [0.15, 0.2) is 47.4 Å². The largest absolute Gasteiger partial charge is 0.337 e. The third-order valence-electron chi connectivity index (χ3n) is 4.80. The number of halogens is 1. The molecule has 0 atom stereocenters.